The first kappa shape index (κ1) is 18.3. The van der Waals surface area contributed by atoms with Crippen molar-refractivity contribution in [2.75, 3.05) is 24.3 Å². The summed E-state index contributed by atoms with van der Waals surface area (Å²) in [5.74, 6) is 0.229. The van der Waals surface area contributed by atoms with E-state index in [2.05, 4.69) is 10.6 Å². The molecule has 0 saturated heterocycles. The molecular formula is C21H21N3O3. The zero-order chi connectivity index (χ0) is 19.2. The van der Waals surface area contributed by atoms with Gasteiger partial charge in [0.05, 0.1) is 12.8 Å². The van der Waals surface area contributed by atoms with Crippen molar-refractivity contribution in [3.63, 3.8) is 0 Å². The Labute approximate surface area is 157 Å². The van der Waals surface area contributed by atoms with Crippen molar-refractivity contribution < 1.29 is 14.0 Å². The Bertz CT molecular complexity index is 899. The highest BCUT2D eigenvalue weighted by molar-refractivity contribution is 6.05. The van der Waals surface area contributed by atoms with E-state index in [9.17, 15) is 9.59 Å². The van der Waals surface area contributed by atoms with E-state index >= 15 is 0 Å². The smallest absolute Gasteiger partial charge is 0.255 e. The Morgan fingerprint density at radius 2 is 1.52 bits per heavy atom. The number of furan rings is 1. The molecule has 0 saturated carbocycles. The van der Waals surface area contributed by atoms with Gasteiger partial charge in [0.25, 0.3) is 11.8 Å². The number of hydrogen-bond acceptors (Lipinski definition) is 4. The number of amides is 2. The molecule has 0 aliphatic carbocycles. The van der Waals surface area contributed by atoms with Crippen molar-refractivity contribution >= 4 is 23.2 Å². The Kier molecular flexibility index (Phi) is 5.56. The molecule has 0 atom stereocenters. The summed E-state index contributed by atoms with van der Waals surface area (Å²) in [5, 5.41) is 5.61. The van der Waals surface area contributed by atoms with Gasteiger partial charge in [-0.2, -0.15) is 0 Å². The molecule has 27 heavy (non-hydrogen) atoms. The van der Waals surface area contributed by atoms with Gasteiger partial charge in [-0.15, -0.1) is 0 Å². The van der Waals surface area contributed by atoms with Crippen LogP contribution in [0.3, 0.4) is 0 Å². The number of nitrogens with zero attached hydrogens (tertiary/aromatic N) is 1. The average molecular weight is 363 g/mol. The lowest BCUT2D eigenvalue weighted by molar-refractivity contribution is 0.0946. The average Bonchev–Trinajstić information content (AvgIpc) is 3.20. The number of nitrogens with one attached hydrogen (secondary N) is 2. The largest absolute Gasteiger partial charge is 0.467 e. The number of benzene rings is 2. The molecule has 3 aromatic rings. The summed E-state index contributed by atoms with van der Waals surface area (Å²) in [7, 11) is 3.92. The fourth-order valence-electron chi connectivity index (χ4n) is 2.50. The Morgan fingerprint density at radius 1 is 0.889 bits per heavy atom. The number of rotatable bonds is 6. The molecule has 0 radical (unpaired) electrons. The third-order valence-electron chi connectivity index (χ3n) is 4.05. The highest BCUT2D eigenvalue weighted by atomic mass is 16.3. The summed E-state index contributed by atoms with van der Waals surface area (Å²) in [4.78, 5) is 26.5. The van der Waals surface area contributed by atoms with Gasteiger partial charge >= 0.3 is 0 Å². The van der Waals surface area contributed by atoms with Crippen molar-refractivity contribution in [3.8, 4) is 0 Å². The molecule has 2 N–H and O–H groups in total. The molecule has 0 bridgehead atoms. The topological polar surface area (TPSA) is 74.6 Å². The first-order chi connectivity index (χ1) is 13.0. The van der Waals surface area contributed by atoms with E-state index in [0.717, 1.165) is 5.69 Å². The molecule has 1 aromatic heterocycles. The first-order valence-corrected chi connectivity index (χ1v) is 8.52. The van der Waals surface area contributed by atoms with Gasteiger partial charge in [0, 0.05) is 36.6 Å². The molecule has 6 nitrogen and oxygen atoms in total. The summed E-state index contributed by atoms with van der Waals surface area (Å²) in [6.07, 6.45) is 1.56. The van der Waals surface area contributed by atoms with Crippen LogP contribution in [0.1, 0.15) is 26.5 Å². The molecule has 1 heterocycles. The van der Waals surface area contributed by atoms with Crippen LogP contribution in [0.2, 0.25) is 0 Å². The van der Waals surface area contributed by atoms with Crippen LogP contribution < -0.4 is 15.5 Å². The SMILES string of the molecule is CN(C)c1ccc(NC(=O)c2ccc(C(=O)NCc3ccco3)cc2)cc1. The van der Waals surface area contributed by atoms with Crippen molar-refractivity contribution in [2.24, 2.45) is 0 Å². The standard InChI is InChI=1S/C21H21N3O3/c1-24(2)18-11-9-17(10-12-18)23-21(26)16-7-5-15(6-8-16)20(25)22-14-19-4-3-13-27-19/h3-13H,14H2,1-2H3,(H,22,25)(H,23,26). The van der Waals surface area contributed by atoms with E-state index in [0.29, 0.717) is 29.1 Å². The van der Waals surface area contributed by atoms with Gasteiger partial charge in [0.15, 0.2) is 0 Å². The Balaban J connectivity index is 1.58. The van der Waals surface area contributed by atoms with E-state index in [1.54, 1.807) is 42.7 Å². The summed E-state index contributed by atoms with van der Waals surface area (Å²) < 4.78 is 5.18. The fourth-order valence-corrected chi connectivity index (χ4v) is 2.50. The van der Waals surface area contributed by atoms with Crippen LogP contribution in [0.25, 0.3) is 0 Å². The van der Waals surface area contributed by atoms with Crippen molar-refractivity contribution in [3.05, 3.63) is 83.8 Å². The Hall–Kier alpha value is -3.54. The van der Waals surface area contributed by atoms with Gasteiger partial charge in [-0.3, -0.25) is 9.59 Å². The number of anilines is 2. The van der Waals surface area contributed by atoms with Gasteiger partial charge in [0.1, 0.15) is 5.76 Å². The number of carbonyl (C=O) groups is 2. The molecule has 138 valence electrons. The van der Waals surface area contributed by atoms with E-state index in [1.807, 2.05) is 43.3 Å². The molecule has 3 rings (SSSR count). The van der Waals surface area contributed by atoms with Crippen LogP contribution >= 0.6 is 0 Å². The van der Waals surface area contributed by atoms with Crippen LogP contribution in [-0.2, 0) is 6.54 Å². The maximum absolute atomic E-state index is 12.4. The molecule has 2 amide bonds. The third kappa shape index (κ3) is 4.76. The van der Waals surface area contributed by atoms with Gasteiger partial charge in [-0.1, -0.05) is 0 Å². The van der Waals surface area contributed by atoms with Crippen LogP contribution in [0.5, 0.6) is 0 Å². The highest BCUT2D eigenvalue weighted by Gasteiger charge is 2.10. The van der Waals surface area contributed by atoms with Gasteiger partial charge in [-0.05, 0) is 60.7 Å². The lowest BCUT2D eigenvalue weighted by Crippen LogP contribution is -2.22. The van der Waals surface area contributed by atoms with E-state index in [4.69, 9.17) is 4.42 Å². The first-order valence-electron chi connectivity index (χ1n) is 8.52. The van der Waals surface area contributed by atoms with E-state index in [-0.39, 0.29) is 11.8 Å². The maximum Gasteiger partial charge on any atom is 0.255 e. The monoisotopic (exact) mass is 363 g/mol. The minimum Gasteiger partial charge on any atom is -0.467 e. The predicted molar refractivity (Wildman–Crippen MR) is 105 cm³/mol. The van der Waals surface area contributed by atoms with Gasteiger partial charge < -0.3 is 20.0 Å². The van der Waals surface area contributed by atoms with Crippen molar-refractivity contribution in [1.82, 2.24) is 5.32 Å². The maximum atomic E-state index is 12.4. The Morgan fingerprint density at radius 3 is 2.07 bits per heavy atom. The summed E-state index contributed by atoms with van der Waals surface area (Å²) in [6.45, 7) is 0.316. The number of hydrogen-bond donors (Lipinski definition) is 2. The molecule has 0 spiro atoms. The van der Waals surface area contributed by atoms with Crippen LogP contribution in [0, 0.1) is 0 Å². The summed E-state index contributed by atoms with van der Waals surface area (Å²) in [6, 6.07) is 17.6. The van der Waals surface area contributed by atoms with Crippen LogP contribution in [0.15, 0.2) is 71.3 Å². The molecule has 0 fully saturated rings. The zero-order valence-electron chi connectivity index (χ0n) is 15.2. The minimum atomic E-state index is -0.227. The quantitative estimate of drug-likeness (QED) is 0.703. The van der Waals surface area contributed by atoms with Gasteiger partial charge in [0.2, 0.25) is 0 Å². The molecule has 0 unspecified atom stereocenters. The second kappa shape index (κ2) is 8.23. The normalized spacial score (nSPS) is 10.3. The third-order valence-corrected chi connectivity index (χ3v) is 4.05. The van der Waals surface area contributed by atoms with Crippen LogP contribution in [0.4, 0.5) is 11.4 Å². The minimum absolute atomic E-state index is 0.224. The molecule has 0 aliphatic rings. The second-order valence-electron chi connectivity index (χ2n) is 6.23. The summed E-state index contributed by atoms with van der Waals surface area (Å²) >= 11 is 0. The second-order valence-corrected chi connectivity index (χ2v) is 6.23. The molecule has 2 aromatic carbocycles. The van der Waals surface area contributed by atoms with Crippen LogP contribution in [-0.4, -0.2) is 25.9 Å². The van der Waals surface area contributed by atoms with Gasteiger partial charge in [-0.25, -0.2) is 0 Å². The zero-order valence-corrected chi connectivity index (χ0v) is 15.2. The molecular weight excluding hydrogens is 342 g/mol. The van der Waals surface area contributed by atoms with E-state index < -0.39 is 0 Å². The molecule has 6 heteroatoms. The number of carbonyl (C=O) groups excluding carboxylic acids is 2. The summed E-state index contributed by atoms with van der Waals surface area (Å²) in [5.41, 5.74) is 2.73. The predicted octanol–water partition coefficient (Wildman–Crippen LogP) is 3.53. The lowest BCUT2D eigenvalue weighted by atomic mass is 10.1. The fraction of sp³-hybridized carbons (Fsp3) is 0.143. The van der Waals surface area contributed by atoms with Crippen molar-refractivity contribution in [1.29, 1.82) is 0 Å². The molecule has 0 aliphatic heterocycles. The van der Waals surface area contributed by atoms with E-state index in [1.165, 1.54) is 0 Å². The lowest BCUT2D eigenvalue weighted by Gasteiger charge is -2.13. The highest BCUT2D eigenvalue weighted by Crippen LogP contribution is 2.16. The van der Waals surface area contributed by atoms with Crippen molar-refractivity contribution in [2.45, 2.75) is 6.54 Å².